The Labute approximate surface area is 171 Å². The predicted molar refractivity (Wildman–Crippen MR) is 110 cm³/mol. The van der Waals surface area contributed by atoms with Crippen LogP contribution in [0, 0.1) is 23.6 Å². The first kappa shape index (κ1) is 18.9. The lowest BCUT2D eigenvalue weighted by Gasteiger charge is -2.57. The summed E-state index contributed by atoms with van der Waals surface area (Å²) < 4.78 is 46.8. The first-order valence-electron chi connectivity index (χ1n) is 10.3. The monoisotopic (exact) mass is 415 g/mol. The normalized spacial score (nSPS) is 30.3. The Morgan fingerprint density at radius 2 is 1.55 bits per heavy atom. The van der Waals surface area contributed by atoms with E-state index in [4.69, 9.17) is 4.74 Å². The zero-order valence-corrected chi connectivity index (χ0v) is 17.3. The second kappa shape index (κ2) is 6.73. The smallest absolute Gasteiger partial charge is 0.265 e. The molecular formula is C23H26FNO3S. The molecule has 4 fully saturated rings. The maximum Gasteiger partial charge on any atom is 0.265 e. The summed E-state index contributed by atoms with van der Waals surface area (Å²) in [7, 11) is -2.58. The van der Waals surface area contributed by atoms with Crippen LogP contribution in [0.25, 0.3) is 0 Å². The Bertz CT molecular complexity index is 997. The molecule has 0 unspecified atom stereocenters. The minimum Gasteiger partial charge on any atom is -0.495 e. The van der Waals surface area contributed by atoms with Gasteiger partial charge in [0.25, 0.3) is 10.0 Å². The molecule has 154 valence electrons. The SMILES string of the molecule is COc1ccc(F)cc1S(=O)(=O)Nc1ccc(C23CC4CC(CC(C4)C2)C3)cc1. The summed E-state index contributed by atoms with van der Waals surface area (Å²) in [6.07, 6.45) is 7.99. The third-order valence-corrected chi connectivity index (χ3v) is 8.61. The van der Waals surface area contributed by atoms with Crippen molar-refractivity contribution in [3.05, 3.63) is 53.8 Å². The van der Waals surface area contributed by atoms with Crippen LogP contribution in [0.3, 0.4) is 0 Å². The molecule has 4 bridgehead atoms. The Balaban J connectivity index is 1.39. The van der Waals surface area contributed by atoms with Crippen LogP contribution in [-0.4, -0.2) is 15.5 Å². The van der Waals surface area contributed by atoms with Gasteiger partial charge in [0.05, 0.1) is 7.11 Å². The summed E-state index contributed by atoms with van der Waals surface area (Å²) in [5.74, 6) is 2.08. The van der Waals surface area contributed by atoms with Crippen LogP contribution in [0.15, 0.2) is 47.4 Å². The van der Waals surface area contributed by atoms with E-state index in [1.165, 1.54) is 63.3 Å². The molecule has 0 heterocycles. The number of anilines is 1. The molecule has 29 heavy (non-hydrogen) atoms. The van der Waals surface area contributed by atoms with E-state index in [2.05, 4.69) is 16.9 Å². The van der Waals surface area contributed by atoms with E-state index < -0.39 is 15.8 Å². The first-order valence-corrected chi connectivity index (χ1v) is 11.8. The van der Waals surface area contributed by atoms with Crippen molar-refractivity contribution in [2.24, 2.45) is 17.8 Å². The van der Waals surface area contributed by atoms with E-state index in [1.54, 1.807) is 0 Å². The van der Waals surface area contributed by atoms with E-state index in [0.29, 0.717) is 5.69 Å². The van der Waals surface area contributed by atoms with Crippen LogP contribution in [0.1, 0.15) is 44.1 Å². The quantitative estimate of drug-likeness (QED) is 0.739. The average Bonchev–Trinajstić information content (AvgIpc) is 2.67. The van der Waals surface area contributed by atoms with Crippen molar-refractivity contribution in [2.75, 3.05) is 11.8 Å². The lowest BCUT2D eigenvalue weighted by Crippen LogP contribution is -2.48. The van der Waals surface area contributed by atoms with Gasteiger partial charge in [-0.2, -0.15) is 0 Å². The number of halogens is 1. The highest BCUT2D eigenvalue weighted by Gasteiger charge is 2.51. The van der Waals surface area contributed by atoms with Crippen molar-refractivity contribution in [2.45, 2.75) is 48.8 Å². The second-order valence-electron chi connectivity index (χ2n) is 9.18. The Hall–Kier alpha value is -2.08. The van der Waals surface area contributed by atoms with Gasteiger partial charge in [0, 0.05) is 5.69 Å². The van der Waals surface area contributed by atoms with Gasteiger partial charge in [-0.1, -0.05) is 12.1 Å². The number of ether oxygens (including phenoxy) is 1. The summed E-state index contributed by atoms with van der Waals surface area (Å²) in [5, 5.41) is 0. The number of benzene rings is 2. The molecular weight excluding hydrogens is 389 g/mol. The molecule has 0 atom stereocenters. The van der Waals surface area contributed by atoms with Gasteiger partial charge in [-0.3, -0.25) is 4.72 Å². The molecule has 2 aromatic rings. The summed E-state index contributed by atoms with van der Waals surface area (Å²) in [5.41, 5.74) is 2.09. The highest BCUT2D eigenvalue weighted by Crippen LogP contribution is 2.60. The highest BCUT2D eigenvalue weighted by molar-refractivity contribution is 7.92. The molecule has 6 rings (SSSR count). The van der Waals surface area contributed by atoms with Crippen LogP contribution < -0.4 is 9.46 Å². The number of hydrogen-bond acceptors (Lipinski definition) is 3. The fraction of sp³-hybridized carbons (Fsp3) is 0.478. The Kier molecular flexibility index (Phi) is 4.39. The Morgan fingerprint density at radius 3 is 2.10 bits per heavy atom. The van der Waals surface area contributed by atoms with Gasteiger partial charge in [-0.25, -0.2) is 12.8 Å². The standard InChI is InChI=1S/C23H26FNO3S/c1-28-21-7-4-19(24)11-22(21)29(26,27)25-20-5-2-18(3-6-20)23-12-15-8-16(13-23)10-17(9-15)14-23/h2-7,11,15-17,25H,8-10,12-14H2,1H3. The van der Waals surface area contributed by atoms with Crippen molar-refractivity contribution in [3.63, 3.8) is 0 Å². The molecule has 0 radical (unpaired) electrons. The molecule has 4 saturated carbocycles. The van der Waals surface area contributed by atoms with Crippen molar-refractivity contribution >= 4 is 15.7 Å². The number of methoxy groups -OCH3 is 1. The molecule has 0 amide bonds. The van der Waals surface area contributed by atoms with Crippen molar-refractivity contribution in [1.82, 2.24) is 0 Å². The molecule has 0 spiro atoms. The van der Waals surface area contributed by atoms with Crippen molar-refractivity contribution in [3.8, 4) is 5.75 Å². The minimum absolute atomic E-state index is 0.115. The lowest BCUT2D eigenvalue weighted by molar-refractivity contribution is -0.00518. The number of rotatable bonds is 5. The van der Waals surface area contributed by atoms with Gasteiger partial charge in [0.15, 0.2) is 0 Å². The Morgan fingerprint density at radius 1 is 0.966 bits per heavy atom. The maximum atomic E-state index is 13.6. The van der Waals surface area contributed by atoms with Gasteiger partial charge < -0.3 is 4.74 Å². The predicted octanol–water partition coefficient (Wildman–Crippen LogP) is 5.10. The van der Waals surface area contributed by atoms with E-state index >= 15 is 0 Å². The zero-order chi connectivity index (χ0) is 20.2. The van der Waals surface area contributed by atoms with Crippen LogP contribution >= 0.6 is 0 Å². The molecule has 4 aliphatic rings. The molecule has 1 N–H and O–H groups in total. The fourth-order valence-corrected chi connectivity index (χ4v) is 7.67. The third-order valence-electron chi connectivity index (χ3n) is 7.20. The molecule has 0 aliphatic heterocycles. The summed E-state index contributed by atoms with van der Waals surface area (Å²) >= 11 is 0. The van der Waals surface area contributed by atoms with E-state index in [0.717, 1.165) is 23.8 Å². The topological polar surface area (TPSA) is 55.4 Å². The highest BCUT2D eigenvalue weighted by atomic mass is 32.2. The minimum atomic E-state index is -3.95. The molecule has 4 nitrogen and oxygen atoms in total. The van der Waals surface area contributed by atoms with Crippen LogP contribution in [0.4, 0.5) is 10.1 Å². The van der Waals surface area contributed by atoms with Gasteiger partial charge in [0.2, 0.25) is 0 Å². The second-order valence-corrected chi connectivity index (χ2v) is 10.8. The molecule has 6 heteroatoms. The number of sulfonamides is 1. The number of hydrogen-bond donors (Lipinski definition) is 1. The third kappa shape index (κ3) is 3.31. The summed E-state index contributed by atoms with van der Waals surface area (Å²) in [6.45, 7) is 0. The largest absolute Gasteiger partial charge is 0.495 e. The lowest BCUT2D eigenvalue weighted by atomic mass is 9.48. The molecule has 0 saturated heterocycles. The average molecular weight is 416 g/mol. The first-order chi connectivity index (χ1) is 13.9. The van der Waals surface area contributed by atoms with Crippen LogP contribution in [-0.2, 0) is 15.4 Å². The van der Waals surface area contributed by atoms with Crippen LogP contribution in [0.5, 0.6) is 5.75 Å². The summed E-state index contributed by atoms with van der Waals surface area (Å²) in [4.78, 5) is -0.204. The van der Waals surface area contributed by atoms with Gasteiger partial charge in [-0.15, -0.1) is 0 Å². The van der Waals surface area contributed by atoms with E-state index in [1.807, 2.05) is 12.1 Å². The summed E-state index contributed by atoms with van der Waals surface area (Å²) in [6, 6.07) is 11.3. The van der Waals surface area contributed by atoms with Crippen LogP contribution in [0.2, 0.25) is 0 Å². The van der Waals surface area contributed by atoms with Gasteiger partial charge >= 0.3 is 0 Å². The van der Waals surface area contributed by atoms with E-state index in [9.17, 15) is 12.8 Å². The molecule has 0 aromatic heterocycles. The maximum absolute atomic E-state index is 13.6. The molecule has 2 aromatic carbocycles. The van der Waals surface area contributed by atoms with Crippen molar-refractivity contribution in [1.29, 1.82) is 0 Å². The molecule has 4 aliphatic carbocycles. The zero-order valence-electron chi connectivity index (χ0n) is 16.5. The van der Waals surface area contributed by atoms with E-state index in [-0.39, 0.29) is 16.1 Å². The van der Waals surface area contributed by atoms with Gasteiger partial charge in [-0.05, 0) is 97.6 Å². The fourth-order valence-electron chi connectivity index (χ4n) is 6.43. The van der Waals surface area contributed by atoms with Gasteiger partial charge in [0.1, 0.15) is 16.5 Å². The number of nitrogens with one attached hydrogen (secondary N) is 1. The van der Waals surface area contributed by atoms with Crippen molar-refractivity contribution < 1.29 is 17.5 Å².